The van der Waals surface area contributed by atoms with Crippen LogP contribution in [-0.2, 0) is 14.4 Å². The third-order valence-electron chi connectivity index (χ3n) is 4.92. The number of carboxylic acids is 1. The number of amides is 2. The third kappa shape index (κ3) is 4.45. The van der Waals surface area contributed by atoms with Gasteiger partial charge in [-0.2, -0.15) is 0 Å². The Balaban J connectivity index is 1.71. The highest BCUT2D eigenvalue weighted by molar-refractivity contribution is 5.85. The molecule has 1 heterocycles. The Morgan fingerprint density at radius 1 is 1.14 bits per heavy atom. The van der Waals surface area contributed by atoms with Gasteiger partial charge >= 0.3 is 5.97 Å². The fourth-order valence-corrected chi connectivity index (χ4v) is 3.50. The smallest absolute Gasteiger partial charge is 0.308 e. The maximum atomic E-state index is 12.1. The van der Waals surface area contributed by atoms with Crippen molar-refractivity contribution in [1.82, 2.24) is 10.2 Å². The van der Waals surface area contributed by atoms with Gasteiger partial charge in [-0.05, 0) is 24.7 Å². The van der Waals surface area contributed by atoms with E-state index in [0.29, 0.717) is 18.9 Å². The number of carboxylic acid groups (broad SMARTS) is 1. The van der Waals surface area contributed by atoms with Gasteiger partial charge in [0.25, 0.3) is 0 Å². The average Bonchev–Trinajstić information content (AvgIpc) is 2.88. The lowest BCUT2D eigenvalue weighted by Gasteiger charge is -2.21. The number of nitrogens with zero attached hydrogens (tertiary/aromatic N) is 1. The topological polar surface area (TPSA) is 86.7 Å². The van der Waals surface area contributed by atoms with E-state index in [1.54, 1.807) is 4.90 Å². The van der Waals surface area contributed by atoms with Crippen LogP contribution in [0, 0.1) is 17.8 Å². The van der Waals surface area contributed by atoms with E-state index < -0.39 is 11.9 Å². The molecule has 2 rings (SSSR count). The lowest BCUT2D eigenvalue weighted by molar-refractivity contribution is -0.142. The summed E-state index contributed by atoms with van der Waals surface area (Å²) < 4.78 is 0. The summed E-state index contributed by atoms with van der Waals surface area (Å²) in [6, 6.07) is 0. The molecule has 0 spiro atoms. The molecular formula is C16H26N2O4. The summed E-state index contributed by atoms with van der Waals surface area (Å²) in [5.41, 5.74) is 0. The number of nitrogens with one attached hydrogen (secondary N) is 1. The minimum Gasteiger partial charge on any atom is -0.481 e. The molecule has 0 bridgehead atoms. The van der Waals surface area contributed by atoms with Gasteiger partial charge < -0.3 is 15.3 Å². The van der Waals surface area contributed by atoms with E-state index in [1.807, 2.05) is 6.92 Å². The maximum absolute atomic E-state index is 12.1. The van der Waals surface area contributed by atoms with Crippen LogP contribution in [0.4, 0.5) is 0 Å². The van der Waals surface area contributed by atoms with Crippen LogP contribution in [0.15, 0.2) is 0 Å². The molecular weight excluding hydrogens is 284 g/mol. The van der Waals surface area contributed by atoms with Crippen LogP contribution in [0.2, 0.25) is 0 Å². The Hall–Kier alpha value is -1.59. The largest absolute Gasteiger partial charge is 0.481 e. The van der Waals surface area contributed by atoms with E-state index in [9.17, 15) is 14.4 Å². The third-order valence-corrected chi connectivity index (χ3v) is 4.92. The normalized spacial score (nSPS) is 26.0. The van der Waals surface area contributed by atoms with Crippen LogP contribution in [0.3, 0.4) is 0 Å². The van der Waals surface area contributed by atoms with Crippen molar-refractivity contribution in [3.63, 3.8) is 0 Å². The summed E-state index contributed by atoms with van der Waals surface area (Å²) in [5, 5.41) is 11.8. The van der Waals surface area contributed by atoms with Crippen molar-refractivity contribution in [2.75, 3.05) is 19.6 Å². The Morgan fingerprint density at radius 2 is 1.82 bits per heavy atom. The predicted molar refractivity (Wildman–Crippen MR) is 81.1 cm³/mol. The van der Waals surface area contributed by atoms with Crippen molar-refractivity contribution in [2.45, 2.75) is 45.4 Å². The monoisotopic (exact) mass is 310 g/mol. The molecule has 0 aromatic heterocycles. The second-order valence-electron chi connectivity index (χ2n) is 6.71. The van der Waals surface area contributed by atoms with Gasteiger partial charge in [0, 0.05) is 19.5 Å². The summed E-state index contributed by atoms with van der Waals surface area (Å²) >= 11 is 0. The zero-order valence-electron chi connectivity index (χ0n) is 13.2. The molecule has 1 aliphatic heterocycles. The lowest BCUT2D eigenvalue weighted by Crippen LogP contribution is -2.40. The summed E-state index contributed by atoms with van der Waals surface area (Å²) in [5.74, 6) is -1.20. The summed E-state index contributed by atoms with van der Waals surface area (Å²) in [6.07, 6.45) is 6.35. The fraction of sp³-hybridized carbons (Fsp3) is 0.812. The molecule has 0 radical (unpaired) electrons. The Labute approximate surface area is 131 Å². The van der Waals surface area contributed by atoms with Gasteiger partial charge in [0.1, 0.15) is 0 Å². The molecule has 2 atom stereocenters. The standard InChI is InChI=1S/C16H26N2O4/c1-11-9-18(10-13(11)16(21)22)15(20)8-17-14(19)7-12-5-3-2-4-6-12/h11-13H,2-10H2,1H3,(H,17,19)(H,21,22)/t11-,13-/m1/s1. The van der Waals surface area contributed by atoms with Crippen molar-refractivity contribution >= 4 is 17.8 Å². The zero-order valence-corrected chi connectivity index (χ0v) is 13.2. The molecule has 2 N–H and O–H groups in total. The summed E-state index contributed by atoms with van der Waals surface area (Å²) in [4.78, 5) is 36.6. The van der Waals surface area contributed by atoms with E-state index in [2.05, 4.69) is 5.32 Å². The van der Waals surface area contributed by atoms with Crippen molar-refractivity contribution in [2.24, 2.45) is 17.8 Å². The second kappa shape index (κ2) is 7.61. The first kappa shape index (κ1) is 16.8. The van der Waals surface area contributed by atoms with Gasteiger partial charge in [0.05, 0.1) is 12.5 Å². The van der Waals surface area contributed by atoms with Crippen molar-refractivity contribution in [1.29, 1.82) is 0 Å². The molecule has 0 unspecified atom stereocenters. The van der Waals surface area contributed by atoms with Gasteiger partial charge in [-0.1, -0.05) is 26.2 Å². The highest BCUT2D eigenvalue weighted by Crippen LogP contribution is 2.26. The molecule has 2 aliphatic rings. The quantitative estimate of drug-likeness (QED) is 0.800. The van der Waals surface area contributed by atoms with E-state index in [4.69, 9.17) is 5.11 Å². The molecule has 6 heteroatoms. The van der Waals surface area contributed by atoms with Crippen LogP contribution < -0.4 is 5.32 Å². The molecule has 6 nitrogen and oxygen atoms in total. The lowest BCUT2D eigenvalue weighted by atomic mass is 9.87. The first-order valence-electron chi connectivity index (χ1n) is 8.24. The van der Waals surface area contributed by atoms with Crippen molar-refractivity contribution in [3.05, 3.63) is 0 Å². The van der Waals surface area contributed by atoms with Crippen LogP contribution in [-0.4, -0.2) is 47.4 Å². The molecule has 1 saturated heterocycles. The highest BCUT2D eigenvalue weighted by Gasteiger charge is 2.36. The van der Waals surface area contributed by atoms with E-state index in [0.717, 1.165) is 12.8 Å². The fourth-order valence-electron chi connectivity index (χ4n) is 3.50. The minimum atomic E-state index is -0.857. The van der Waals surface area contributed by atoms with Crippen molar-refractivity contribution < 1.29 is 19.5 Å². The summed E-state index contributed by atoms with van der Waals surface area (Å²) in [6.45, 7) is 2.51. The minimum absolute atomic E-state index is 0.0232. The molecule has 124 valence electrons. The molecule has 0 aromatic rings. The van der Waals surface area contributed by atoms with E-state index in [1.165, 1.54) is 19.3 Å². The zero-order chi connectivity index (χ0) is 16.1. The molecule has 2 amide bonds. The molecule has 1 aliphatic carbocycles. The highest BCUT2D eigenvalue weighted by atomic mass is 16.4. The van der Waals surface area contributed by atoms with Crippen LogP contribution >= 0.6 is 0 Å². The molecule has 2 fully saturated rings. The molecule has 1 saturated carbocycles. The number of carbonyl (C=O) groups excluding carboxylic acids is 2. The number of carbonyl (C=O) groups is 3. The van der Waals surface area contributed by atoms with Gasteiger partial charge in [0.15, 0.2) is 0 Å². The van der Waals surface area contributed by atoms with Gasteiger partial charge in [-0.25, -0.2) is 0 Å². The first-order valence-corrected chi connectivity index (χ1v) is 8.24. The Morgan fingerprint density at radius 3 is 2.41 bits per heavy atom. The second-order valence-corrected chi connectivity index (χ2v) is 6.71. The summed E-state index contributed by atoms with van der Waals surface area (Å²) in [7, 11) is 0. The Bertz CT molecular complexity index is 432. The van der Waals surface area contributed by atoms with Crippen LogP contribution in [0.1, 0.15) is 45.4 Å². The number of hydrogen-bond donors (Lipinski definition) is 2. The SMILES string of the molecule is C[C@@H]1CN(C(=O)CNC(=O)CC2CCCCC2)C[C@H]1C(=O)O. The average molecular weight is 310 g/mol. The Kier molecular flexibility index (Phi) is 5.80. The van der Waals surface area contributed by atoms with Crippen LogP contribution in [0.25, 0.3) is 0 Å². The number of hydrogen-bond acceptors (Lipinski definition) is 3. The number of rotatable bonds is 5. The first-order chi connectivity index (χ1) is 10.5. The molecule has 0 aromatic carbocycles. The number of aliphatic carboxylic acids is 1. The predicted octanol–water partition coefficient (Wildman–Crippen LogP) is 1.25. The van der Waals surface area contributed by atoms with Gasteiger partial charge in [-0.3, -0.25) is 14.4 Å². The van der Waals surface area contributed by atoms with Gasteiger partial charge in [-0.15, -0.1) is 0 Å². The van der Waals surface area contributed by atoms with Gasteiger partial charge in [0.2, 0.25) is 11.8 Å². The maximum Gasteiger partial charge on any atom is 0.308 e. The van der Waals surface area contributed by atoms with Crippen LogP contribution in [0.5, 0.6) is 0 Å². The molecule has 22 heavy (non-hydrogen) atoms. The van der Waals surface area contributed by atoms with E-state index >= 15 is 0 Å². The number of likely N-dealkylation sites (tertiary alicyclic amines) is 1. The van der Waals surface area contributed by atoms with Crippen molar-refractivity contribution in [3.8, 4) is 0 Å². The van der Waals surface area contributed by atoms with E-state index in [-0.39, 0.29) is 30.8 Å².